The summed E-state index contributed by atoms with van der Waals surface area (Å²) in [5, 5.41) is 6.96. The van der Waals surface area contributed by atoms with Crippen LogP contribution in [-0.4, -0.2) is 16.1 Å². The third-order valence-electron chi connectivity index (χ3n) is 5.02. The number of hydrogen-bond donors (Lipinski definition) is 6. The van der Waals surface area contributed by atoms with Gasteiger partial charge in [0.05, 0.1) is 5.69 Å². The first-order valence-corrected chi connectivity index (χ1v) is 11.5. The van der Waals surface area contributed by atoms with Gasteiger partial charge in [-0.2, -0.15) is 0 Å². The fourth-order valence-corrected chi connectivity index (χ4v) is 3.56. The van der Waals surface area contributed by atoms with Gasteiger partial charge in [0.2, 0.25) is 0 Å². The Bertz CT molecular complexity index is 1210. The molecule has 0 aromatic heterocycles. The van der Waals surface area contributed by atoms with Crippen LogP contribution in [0, 0.1) is 27.7 Å². The van der Waals surface area contributed by atoms with E-state index in [-0.39, 0.29) is 5.91 Å². The molecule has 0 saturated carbocycles. The Kier molecular flexibility index (Phi) is 8.39. The van der Waals surface area contributed by atoms with Crippen molar-refractivity contribution < 1.29 is 4.79 Å². The Morgan fingerprint density at radius 3 is 1.65 bits per heavy atom. The zero-order valence-corrected chi connectivity index (χ0v) is 21.1. The Morgan fingerprint density at radius 2 is 1.15 bits per heavy atom. The van der Waals surface area contributed by atoms with Crippen LogP contribution in [0.15, 0.2) is 60.7 Å². The summed E-state index contributed by atoms with van der Waals surface area (Å²) in [5.41, 5.74) is 18.9. The van der Waals surface area contributed by atoms with Gasteiger partial charge in [-0.3, -0.25) is 26.5 Å². The lowest BCUT2D eigenvalue weighted by Crippen LogP contribution is -2.43. The molecule has 0 saturated heterocycles. The molecule has 0 spiro atoms. The van der Waals surface area contributed by atoms with Crippen molar-refractivity contribution in [1.82, 2.24) is 16.3 Å². The van der Waals surface area contributed by atoms with Crippen LogP contribution in [0.4, 0.5) is 17.1 Å². The predicted molar refractivity (Wildman–Crippen MR) is 148 cm³/mol. The van der Waals surface area contributed by atoms with Gasteiger partial charge in [-0.15, -0.1) is 0 Å². The highest BCUT2D eigenvalue weighted by molar-refractivity contribution is 7.80. The number of carbonyl (C=O) groups excluding carboxylic acids is 1. The summed E-state index contributed by atoms with van der Waals surface area (Å²) in [6, 6.07) is 19.0. The van der Waals surface area contributed by atoms with E-state index in [1.165, 1.54) is 11.1 Å². The lowest BCUT2D eigenvalue weighted by molar-refractivity contribution is 0.0944. The topological polar surface area (TPSA) is 89.2 Å². The van der Waals surface area contributed by atoms with E-state index in [0.29, 0.717) is 15.8 Å². The van der Waals surface area contributed by atoms with Gasteiger partial charge < -0.3 is 10.6 Å². The summed E-state index contributed by atoms with van der Waals surface area (Å²) in [5.74, 6) is -0.309. The Balaban J connectivity index is 1.45. The number of amides is 1. The molecule has 6 N–H and O–H groups in total. The summed E-state index contributed by atoms with van der Waals surface area (Å²) in [6.07, 6.45) is 0. The minimum Gasteiger partial charge on any atom is -0.331 e. The van der Waals surface area contributed by atoms with Crippen molar-refractivity contribution in [3.05, 3.63) is 88.5 Å². The molecule has 1 amide bonds. The largest absolute Gasteiger partial charge is 0.331 e. The van der Waals surface area contributed by atoms with Crippen LogP contribution < -0.4 is 32.3 Å². The molecule has 0 fully saturated rings. The van der Waals surface area contributed by atoms with Gasteiger partial charge in [0.1, 0.15) is 0 Å². The van der Waals surface area contributed by atoms with Gasteiger partial charge in [-0.25, -0.2) is 0 Å². The highest BCUT2D eigenvalue weighted by atomic mass is 32.1. The monoisotopic (exact) mass is 492 g/mol. The van der Waals surface area contributed by atoms with Crippen LogP contribution in [-0.2, 0) is 0 Å². The maximum Gasteiger partial charge on any atom is 0.269 e. The standard InChI is InChI=1S/C25H28N6OS2/c1-15-5-11-21(17(3)13-15)26-24(33)30-28-20-9-7-19(8-10-20)23(32)29-31-25(34)27-22-12-6-16(2)14-18(22)4/h5-14,28H,1-4H3,(H,29,32)(H2,26,30,33)(H2,27,31,34). The van der Waals surface area contributed by atoms with Crippen LogP contribution in [0.2, 0.25) is 0 Å². The molecule has 3 aromatic carbocycles. The smallest absolute Gasteiger partial charge is 0.269 e. The molecule has 0 aliphatic rings. The molecule has 3 rings (SSSR count). The average molecular weight is 493 g/mol. The van der Waals surface area contributed by atoms with Crippen molar-refractivity contribution in [2.75, 3.05) is 16.1 Å². The molecule has 0 unspecified atom stereocenters. The lowest BCUT2D eigenvalue weighted by atomic mass is 10.1. The van der Waals surface area contributed by atoms with E-state index in [4.69, 9.17) is 24.4 Å². The second-order valence-electron chi connectivity index (χ2n) is 7.95. The van der Waals surface area contributed by atoms with Crippen molar-refractivity contribution in [3.63, 3.8) is 0 Å². The zero-order chi connectivity index (χ0) is 24.7. The molecular weight excluding hydrogens is 464 g/mol. The van der Waals surface area contributed by atoms with Gasteiger partial charge in [-0.1, -0.05) is 35.4 Å². The summed E-state index contributed by atoms with van der Waals surface area (Å²) in [4.78, 5) is 12.4. The number of benzene rings is 3. The fourth-order valence-electron chi connectivity index (χ4n) is 3.23. The number of thiocarbonyl (C=S) groups is 2. The maximum absolute atomic E-state index is 12.4. The second-order valence-corrected chi connectivity index (χ2v) is 8.77. The van der Waals surface area contributed by atoms with Crippen LogP contribution in [0.1, 0.15) is 32.6 Å². The minimum atomic E-state index is -0.309. The van der Waals surface area contributed by atoms with Crippen molar-refractivity contribution in [3.8, 4) is 0 Å². The lowest BCUT2D eigenvalue weighted by Gasteiger charge is -2.15. The maximum atomic E-state index is 12.4. The molecule has 0 bridgehead atoms. The molecule has 0 radical (unpaired) electrons. The Labute approximate surface area is 210 Å². The van der Waals surface area contributed by atoms with Crippen molar-refractivity contribution in [2.45, 2.75) is 27.7 Å². The number of anilines is 3. The van der Waals surface area contributed by atoms with Gasteiger partial charge in [0, 0.05) is 16.9 Å². The average Bonchev–Trinajstić information content (AvgIpc) is 2.80. The van der Waals surface area contributed by atoms with E-state index in [0.717, 1.165) is 28.2 Å². The predicted octanol–water partition coefficient (Wildman–Crippen LogP) is 4.87. The Hall–Kier alpha value is -3.69. The highest BCUT2D eigenvalue weighted by Gasteiger charge is 2.07. The first-order valence-electron chi connectivity index (χ1n) is 10.7. The summed E-state index contributed by atoms with van der Waals surface area (Å²) >= 11 is 10.6. The minimum absolute atomic E-state index is 0.299. The molecule has 0 heterocycles. The van der Waals surface area contributed by atoms with E-state index >= 15 is 0 Å². The number of nitrogens with one attached hydrogen (secondary N) is 6. The van der Waals surface area contributed by atoms with Crippen LogP contribution >= 0.6 is 24.4 Å². The van der Waals surface area contributed by atoms with Gasteiger partial charge in [-0.05, 0) is 99.7 Å². The second kappa shape index (κ2) is 11.4. The summed E-state index contributed by atoms with van der Waals surface area (Å²) in [7, 11) is 0. The third-order valence-corrected chi connectivity index (χ3v) is 5.43. The van der Waals surface area contributed by atoms with Gasteiger partial charge in [0.25, 0.3) is 5.91 Å². The number of aryl methyl sites for hydroxylation is 4. The molecule has 3 aromatic rings. The molecule has 176 valence electrons. The van der Waals surface area contributed by atoms with Gasteiger partial charge in [0.15, 0.2) is 10.2 Å². The van der Waals surface area contributed by atoms with Crippen LogP contribution in [0.5, 0.6) is 0 Å². The highest BCUT2D eigenvalue weighted by Crippen LogP contribution is 2.17. The number of carbonyl (C=O) groups is 1. The molecule has 9 heteroatoms. The van der Waals surface area contributed by atoms with Crippen LogP contribution in [0.25, 0.3) is 0 Å². The van der Waals surface area contributed by atoms with Crippen molar-refractivity contribution in [1.29, 1.82) is 0 Å². The molecule has 0 aliphatic heterocycles. The van der Waals surface area contributed by atoms with E-state index < -0.39 is 0 Å². The third kappa shape index (κ3) is 7.16. The molecule has 0 aliphatic carbocycles. The van der Waals surface area contributed by atoms with E-state index in [1.807, 2.05) is 52.0 Å². The molecule has 0 atom stereocenters. The fraction of sp³-hybridized carbons (Fsp3) is 0.160. The quantitative estimate of drug-likeness (QED) is 0.222. The van der Waals surface area contributed by atoms with Gasteiger partial charge >= 0.3 is 0 Å². The van der Waals surface area contributed by atoms with Crippen molar-refractivity contribution >= 4 is 57.6 Å². The Morgan fingerprint density at radius 1 is 0.647 bits per heavy atom. The van der Waals surface area contributed by atoms with Crippen LogP contribution in [0.3, 0.4) is 0 Å². The molecule has 7 nitrogen and oxygen atoms in total. The summed E-state index contributed by atoms with van der Waals surface area (Å²) < 4.78 is 0. The van der Waals surface area contributed by atoms with E-state index in [2.05, 4.69) is 44.5 Å². The zero-order valence-electron chi connectivity index (χ0n) is 19.5. The van der Waals surface area contributed by atoms with Crippen molar-refractivity contribution in [2.24, 2.45) is 0 Å². The molecular formula is C25H28N6OS2. The normalized spacial score (nSPS) is 10.1. The first kappa shape index (κ1) is 24.9. The number of hydrazine groups is 2. The van der Waals surface area contributed by atoms with E-state index in [9.17, 15) is 4.79 Å². The first-order chi connectivity index (χ1) is 16.2. The molecule has 34 heavy (non-hydrogen) atoms. The number of rotatable bonds is 5. The van der Waals surface area contributed by atoms with E-state index in [1.54, 1.807) is 24.3 Å². The SMILES string of the molecule is Cc1ccc(NC(=S)NNC(=O)c2ccc(NNC(=S)Nc3ccc(C)cc3C)cc2)c(C)c1. The summed E-state index contributed by atoms with van der Waals surface area (Å²) in [6.45, 7) is 8.09. The number of hydrogen-bond acceptors (Lipinski definition) is 4.